The van der Waals surface area contributed by atoms with Crippen LogP contribution in [0, 0.1) is 25.7 Å². The van der Waals surface area contributed by atoms with Crippen LogP contribution in [0.2, 0.25) is 0 Å². The van der Waals surface area contributed by atoms with Crippen LogP contribution in [0.4, 0.5) is 0 Å². The van der Waals surface area contributed by atoms with E-state index >= 15 is 0 Å². The number of halogens is 1. The van der Waals surface area contributed by atoms with Crippen LogP contribution in [0.15, 0.2) is 0 Å². The number of nitrogens with zero attached hydrogens (tertiary/aromatic N) is 2. The van der Waals surface area contributed by atoms with Crippen LogP contribution in [0.25, 0.3) is 0 Å². The van der Waals surface area contributed by atoms with Crippen LogP contribution >= 0.6 is 15.9 Å². The van der Waals surface area contributed by atoms with Crippen molar-refractivity contribution < 1.29 is 4.74 Å². The molecule has 4 heteroatoms. The molecule has 0 aliphatic carbocycles. The molecule has 0 radical (unpaired) electrons. The molecule has 1 unspecified atom stereocenters. The molecule has 0 N–H and O–H groups in total. The van der Waals surface area contributed by atoms with Crippen molar-refractivity contribution in [2.45, 2.75) is 27.7 Å². The standard InChI is InChI=1S/C12H21BrN2O/c1-8(2)11(6-13)7-16-12-9(3)14-15(5)10(12)4/h8,11H,6-7H2,1-5H3. The van der Waals surface area contributed by atoms with Crippen molar-refractivity contribution >= 4 is 15.9 Å². The minimum absolute atomic E-state index is 0.541. The van der Waals surface area contributed by atoms with Gasteiger partial charge in [0.05, 0.1) is 12.3 Å². The molecule has 1 heterocycles. The van der Waals surface area contributed by atoms with Crippen LogP contribution in [0.1, 0.15) is 25.2 Å². The van der Waals surface area contributed by atoms with Gasteiger partial charge < -0.3 is 4.74 Å². The Bertz CT molecular complexity index is 347. The number of hydrogen-bond acceptors (Lipinski definition) is 2. The predicted molar refractivity (Wildman–Crippen MR) is 70.3 cm³/mol. The maximum absolute atomic E-state index is 5.89. The van der Waals surface area contributed by atoms with Crippen LogP contribution in [-0.2, 0) is 7.05 Å². The van der Waals surface area contributed by atoms with Crippen LogP contribution in [0.3, 0.4) is 0 Å². The molecule has 1 rings (SSSR count). The zero-order chi connectivity index (χ0) is 12.3. The van der Waals surface area contributed by atoms with E-state index in [-0.39, 0.29) is 0 Å². The van der Waals surface area contributed by atoms with E-state index in [0.717, 1.165) is 29.1 Å². The van der Waals surface area contributed by atoms with Gasteiger partial charge in [0.15, 0.2) is 5.75 Å². The van der Waals surface area contributed by atoms with Crippen molar-refractivity contribution in [2.24, 2.45) is 18.9 Å². The number of alkyl halides is 1. The Balaban J connectivity index is 2.67. The molecule has 0 saturated heterocycles. The number of aromatic nitrogens is 2. The summed E-state index contributed by atoms with van der Waals surface area (Å²) in [5.74, 6) is 2.10. The summed E-state index contributed by atoms with van der Waals surface area (Å²) in [6.45, 7) is 9.21. The van der Waals surface area contributed by atoms with Crippen molar-refractivity contribution in [1.82, 2.24) is 9.78 Å². The maximum Gasteiger partial charge on any atom is 0.162 e. The van der Waals surface area contributed by atoms with Gasteiger partial charge in [0.2, 0.25) is 0 Å². The smallest absolute Gasteiger partial charge is 0.162 e. The van der Waals surface area contributed by atoms with Gasteiger partial charge in [-0.3, -0.25) is 4.68 Å². The van der Waals surface area contributed by atoms with E-state index in [1.54, 1.807) is 0 Å². The van der Waals surface area contributed by atoms with Gasteiger partial charge in [-0.2, -0.15) is 5.10 Å². The fraction of sp³-hybridized carbons (Fsp3) is 0.750. The molecular weight excluding hydrogens is 268 g/mol. The minimum atomic E-state index is 0.541. The zero-order valence-electron chi connectivity index (χ0n) is 10.7. The van der Waals surface area contributed by atoms with Crippen LogP contribution in [0.5, 0.6) is 5.75 Å². The molecular formula is C12H21BrN2O. The Morgan fingerprint density at radius 1 is 1.38 bits per heavy atom. The summed E-state index contributed by atoms with van der Waals surface area (Å²) >= 11 is 3.53. The Kier molecular flexibility index (Phi) is 4.84. The third-order valence-corrected chi connectivity index (χ3v) is 3.86. The van der Waals surface area contributed by atoms with Gasteiger partial charge in [-0.1, -0.05) is 29.8 Å². The molecule has 92 valence electrons. The molecule has 1 aromatic rings. The largest absolute Gasteiger partial charge is 0.489 e. The molecule has 1 atom stereocenters. The number of ether oxygens (including phenoxy) is 1. The van der Waals surface area contributed by atoms with Crippen molar-refractivity contribution in [3.63, 3.8) is 0 Å². The van der Waals surface area contributed by atoms with Gasteiger partial charge in [-0.05, 0) is 19.8 Å². The molecule has 0 fully saturated rings. The predicted octanol–water partition coefficient (Wildman–Crippen LogP) is 3.08. The van der Waals surface area contributed by atoms with Crippen molar-refractivity contribution in [3.05, 3.63) is 11.4 Å². The highest BCUT2D eigenvalue weighted by Gasteiger charge is 2.16. The summed E-state index contributed by atoms with van der Waals surface area (Å²) < 4.78 is 7.75. The summed E-state index contributed by atoms with van der Waals surface area (Å²) in [7, 11) is 1.94. The Morgan fingerprint density at radius 2 is 2.00 bits per heavy atom. The van der Waals surface area contributed by atoms with Gasteiger partial charge in [0, 0.05) is 18.3 Å². The quantitative estimate of drug-likeness (QED) is 0.779. The molecule has 1 aromatic heterocycles. The summed E-state index contributed by atoms with van der Waals surface area (Å²) in [6.07, 6.45) is 0. The van der Waals surface area contributed by atoms with E-state index < -0.39 is 0 Å². The molecule has 0 amide bonds. The highest BCUT2D eigenvalue weighted by atomic mass is 79.9. The first-order valence-corrected chi connectivity index (χ1v) is 6.78. The minimum Gasteiger partial charge on any atom is -0.489 e. The average molecular weight is 289 g/mol. The highest BCUT2D eigenvalue weighted by molar-refractivity contribution is 9.09. The number of rotatable bonds is 5. The first-order valence-electron chi connectivity index (χ1n) is 5.66. The molecule has 3 nitrogen and oxygen atoms in total. The summed E-state index contributed by atoms with van der Waals surface area (Å²) in [6, 6.07) is 0. The van der Waals surface area contributed by atoms with Crippen molar-refractivity contribution in [2.75, 3.05) is 11.9 Å². The third-order valence-electron chi connectivity index (χ3n) is 3.03. The van der Waals surface area contributed by atoms with E-state index in [1.807, 2.05) is 25.6 Å². The lowest BCUT2D eigenvalue weighted by Crippen LogP contribution is -2.19. The van der Waals surface area contributed by atoms with Gasteiger partial charge in [0.1, 0.15) is 5.69 Å². The maximum atomic E-state index is 5.89. The van der Waals surface area contributed by atoms with E-state index in [1.165, 1.54) is 0 Å². The molecule has 0 aliphatic rings. The molecule has 0 aromatic carbocycles. The van der Waals surface area contributed by atoms with Crippen molar-refractivity contribution in [3.8, 4) is 5.75 Å². The average Bonchev–Trinajstić information content (AvgIpc) is 2.44. The molecule has 16 heavy (non-hydrogen) atoms. The van der Waals surface area contributed by atoms with E-state index in [4.69, 9.17) is 4.74 Å². The zero-order valence-corrected chi connectivity index (χ0v) is 12.3. The lowest BCUT2D eigenvalue weighted by Gasteiger charge is -2.18. The second-order valence-electron chi connectivity index (χ2n) is 4.59. The monoisotopic (exact) mass is 288 g/mol. The second kappa shape index (κ2) is 5.71. The summed E-state index contributed by atoms with van der Waals surface area (Å²) in [5, 5.41) is 5.31. The second-order valence-corrected chi connectivity index (χ2v) is 5.24. The van der Waals surface area contributed by atoms with E-state index in [9.17, 15) is 0 Å². The fourth-order valence-corrected chi connectivity index (χ4v) is 2.50. The highest BCUT2D eigenvalue weighted by Crippen LogP contribution is 2.23. The van der Waals surface area contributed by atoms with Gasteiger partial charge in [-0.15, -0.1) is 0 Å². The molecule has 0 aliphatic heterocycles. The van der Waals surface area contributed by atoms with Gasteiger partial charge in [0.25, 0.3) is 0 Å². The number of hydrogen-bond donors (Lipinski definition) is 0. The first kappa shape index (κ1) is 13.6. The Labute approximate surface area is 106 Å². The van der Waals surface area contributed by atoms with Gasteiger partial charge in [-0.25, -0.2) is 0 Å². The van der Waals surface area contributed by atoms with E-state index in [2.05, 4.69) is 34.9 Å². The Hall–Kier alpha value is -0.510. The van der Waals surface area contributed by atoms with Gasteiger partial charge >= 0.3 is 0 Å². The van der Waals surface area contributed by atoms with Crippen molar-refractivity contribution in [1.29, 1.82) is 0 Å². The lowest BCUT2D eigenvalue weighted by molar-refractivity contribution is 0.225. The van der Waals surface area contributed by atoms with E-state index in [0.29, 0.717) is 11.8 Å². The summed E-state index contributed by atoms with van der Waals surface area (Å²) in [4.78, 5) is 0. The molecule has 0 spiro atoms. The molecule has 0 saturated carbocycles. The van der Waals surface area contributed by atoms with Crippen LogP contribution < -0.4 is 4.74 Å². The topological polar surface area (TPSA) is 27.1 Å². The molecule has 0 bridgehead atoms. The number of aryl methyl sites for hydroxylation is 2. The SMILES string of the molecule is Cc1nn(C)c(C)c1OCC(CBr)C(C)C. The lowest BCUT2D eigenvalue weighted by atomic mass is 9.99. The summed E-state index contributed by atoms with van der Waals surface area (Å²) in [5.41, 5.74) is 2.06. The third kappa shape index (κ3) is 3.00. The normalized spacial score (nSPS) is 13.2. The fourth-order valence-electron chi connectivity index (χ4n) is 1.57. The first-order chi connectivity index (χ1) is 7.47. The van der Waals surface area contributed by atoms with Crippen LogP contribution in [-0.4, -0.2) is 21.7 Å². The Morgan fingerprint density at radius 3 is 2.38 bits per heavy atom.